The normalized spacial score (nSPS) is 14.1. The monoisotopic (exact) mass is 381 g/mol. The van der Waals surface area contributed by atoms with Gasteiger partial charge in [0.25, 0.3) is 0 Å². The fourth-order valence-electron chi connectivity index (χ4n) is 3.22. The van der Waals surface area contributed by atoms with E-state index in [0.717, 1.165) is 37.2 Å². The van der Waals surface area contributed by atoms with Gasteiger partial charge in [-0.15, -0.1) is 0 Å². The molecule has 28 heavy (non-hydrogen) atoms. The maximum Gasteiger partial charge on any atom is 0.345 e. The van der Waals surface area contributed by atoms with E-state index in [9.17, 15) is 4.79 Å². The average Bonchev–Trinajstić information content (AvgIpc) is 2.72. The summed E-state index contributed by atoms with van der Waals surface area (Å²) in [4.78, 5) is 14.8. The molecular weight excluding hydrogens is 346 g/mol. The second-order valence-corrected chi connectivity index (χ2v) is 6.89. The first kappa shape index (κ1) is 23.4. The van der Waals surface area contributed by atoms with Crippen molar-refractivity contribution in [2.45, 2.75) is 53.4 Å². The molecular formula is C24H35N3O. The van der Waals surface area contributed by atoms with E-state index in [2.05, 4.69) is 49.6 Å². The molecule has 2 amide bonds. The van der Waals surface area contributed by atoms with Gasteiger partial charge in [0.15, 0.2) is 0 Å². The Morgan fingerprint density at radius 1 is 1.18 bits per heavy atom. The fraction of sp³-hybridized carbons (Fsp3) is 0.417. The molecule has 0 spiro atoms. The molecule has 1 heterocycles. The maximum atomic E-state index is 13.0. The lowest BCUT2D eigenvalue weighted by Gasteiger charge is -2.34. The first-order chi connectivity index (χ1) is 13.5. The number of hydrogen-bond acceptors (Lipinski definition) is 2. The highest BCUT2D eigenvalue weighted by molar-refractivity contribution is 5.77. The Morgan fingerprint density at radius 2 is 1.75 bits per heavy atom. The van der Waals surface area contributed by atoms with Crippen LogP contribution in [-0.4, -0.2) is 35.7 Å². The Labute approximate surface area is 170 Å². The van der Waals surface area contributed by atoms with Gasteiger partial charge in [0.2, 0.25) is 0 Å². The number of urea groups is 1. The minimum atomic E-state index is -0.118. The quantitative estimate of drug-likeness (QED) is 0.336. The number of rotatable bonds is 5. The minimum Gasteiger partial charge on any atom is -0.323 e. The summed E-state index contributed by atoms with van der Waals surface area (Å²) in [5.74, 6) is 0.508. The van der Waals surface area contributed by atoms with Crippen molar-refractivity contribution < 1.29 is 4.79 Å². The number of piperidine rings is 1. The molecule has 1 aliphatic heterocycles. The van der Waals surface area contributed by atoms with Gasteiger partial charge >= 0.3 is 6.03 Å². The number of carbonyl (C=O) groups excluding carboxylic acids is 1. The van der Waals surface area contributed by atoms with Crippen molar-refractivity contribution in [1.29, 1.82) is 0 Å². The van der Waals surface area contributed by atoms with Gasteiger partial charge < -0.3 is 4.90 Å². The number of amides is 2. The Morgan fingerprint density at radius 3 is 2.21 bits per heavy atom. The van der Waals surface area contributed by atoms with Crippen LogP contribution in [0.25, 0.3) is 0 Å². The molecule has 0 bridgehead atoms. The summed E-state index contributed by atoms with van der Waals surface area (Å²) in [5, 5.41) is 5.36. The Hall–Kier alpha value is -2.62. The minimum absolute atomic E-state index is 0.118. The van der Waals surface area contributed by atoms with E-state index in [1.807, 2.05) is 38.7 Å². The number of aryl methyl sites for hydroxylation is 1. The van der Waals surface area contributed by atoms with Gasteiger partial charge in [-0.1, -0.05) is 68.0 Å². The van der Waals surface area contributed by atoms with E-state index in [4.69, 9.17) is 0 Å². The molecule has 0 atom stereocenters. The summed E-state index contributed by atoms with van der Waals surface area (Å²) in [6, 6.07) is 8.60. The van der Waals surface area contributed by atoms with Gasteiger partial charge in [-0.2, -0.15) is 10.1 Å². The van der Waals surface area contributed by atoms with Crippen molar-refractivity contribution in [3.8, 4) is 0 Å². The SMILES string of the molecule is C=C/C=C\C(=C(C)C)N(N=C)C(=O)N1CCC(c2ccc(C)cc2)CC1.CC. The molecule has 4 nitrogen and oxygen atoms in total. The van der Waals surface area contributed by atoms with Crippen LogP contribution >= 0.6 is 0 Å². The molecule has 0 N–H and O–H groups in total. The van der Waals surface area contributed by atoms with Crippen molar-refractivity contribution >= 4 is 12.7 Å². The number of nitrogens with zero attached hydrogens (tertiary/aromatic N) is 3. The lowest BCUT2D eigenvalue weighted by molar-refractivity contribution is 0.153. The van der Waals surface area contributed by atoms with Gasteiger partial charge in [0, 0.05) is 19.8 Å². The smallest absolute Gasteiger partial charge is 0.323 e. The Bertz CT molecular complexity index is 704. The molecule has 152 valence electrons. The second kappa shape index (κ2) is 12.0. The van der Waals surface area contributed by atoms with E-state index in [-0.39, 0.29) is 6.03 Å². The largest absolute Gasteiger partial charge is 0.345 e. The molecule has 4 heteroatoms. The van der Waals surface area contributed by atoms with Crippen LogP contribution in [0.2, 0.25) is 0 Å². The third-order valence-electron chi connectivity index (χ3n) is 4.77. The van der Waals surface area contributed by atoms with E-state index in [0.29, 0.717) is 5.92 Å². The van der Waals surface area contributed by atoms with Crippen LogP contribution in [0.1, 0.15) is 57.6 Å². The predicted molar refractivity (Wildman–Crippen MR) is 121 cm³/mol. The van der Waals surface area contributed by atoms with Crippen molar-refractivity contribution in [1.82, 2.24) is 9.91 Å². The lowest BCUT2D eigenvalue weighted by Crippen LogP contribution is -2.44. The van der Waals surface area contributed by atoms with E-state index in [1.54, 1.807) is 12.2 Å². The first-order valence-electron chi connectivity index (χ1n) is 10.1. The van der Waals surface area contributed by atoms with Gasteiger partial charge in [-0.25, -0.2) is 4.79 Å². The Kier molecular flexibility index (Phi) is 10.0. The third kappa shape index (κ3) is 6.22. The fourth-order valence-corrected chi connectivity index (χ4v) is 3.22. The van der Waals surface area contributed by atoms with E-state index in [1.165, 1.54) is 16.1 Å². The molecule has 2 rings (SSSR count). The first-order valence-corrected chi connectivity index (χ1v) is 10.1. The van der Waals surface area contributed by atoms with Crippen molar-refractivity contribution in [3.05, 3.63) is 71.5 Å². The average molecular weight is 382 g/mol. The van der Waals surface area contributed by atoms with Crippen molar-refractivity contribution in [2.75, 3.05) is 13.1 Å². The molecule has 1 fully saturated rings. The summed E-state index contributed by atoms with van der Waals surface area (Å²) in [7, 11) is 0. The number of hydrogen-bond donors (Lipinski definition) is 0. The summed E-state index contributed by atoms with van der Waals surface area (Å²) < 4.78 is 0. The molecule has 0 unspecified atom stereocenters. The molecule has 1 saturated heterocycles. The van der Waals surface area contributed by atoms with Gasteiger partial charge in [0.05, 0.1) is 5.70 Å². The maximum absolute atomic E-state index is 13.0. The summed E-state index contributed by atoms with van der Waals surface area (Å²) in [6.45, 7) is 18.7. The van der Waals surface area contributed by atoms with Crippen molar-refractivity contribution in [2.24, 2.45) is 5.10 Å². The molecule has 1 aromatic rings. The highest BCUT2D eigenvalue weighted by atomic mass is 16.2. The zero-order chi connectivity index (χ0) is 21.1. The Balaban J connectivity index is 0.00000190. The summed E-state index contributed by atoms with van der Waals surface area (Å²) in [5.41, 5.74) is 4.38. The molecule has 1 aromatic carbocycles. The molecule has 0 saturated carbocycles. The summed E-state index contributed by atoms with van der Waals surface area (Å²) >= 11 is 0. The lowest BCUT2D eigenvalue weighted by atomic mass is 9.89. The van der Waals surface area contributed by atoms with Gasteiger partial charge in [-0.05, 0) is 51.2 Å². The zero-order valence-corrected chi connectivity index (χ0v) is 18.1. The number of likely N-dealkylation sites (tertiary alicyclic amines) is 1. The van der Waals surface area contributed by atoms with E-state index >= 15 is 0 Å². The number of benzene rings is 1. The van der Waals surface area contributed by atoms with Gasteiger partial charge in [0.1, 0.15) is 0 Å². The number of carbonyl (C=O) groups is 1. The number of hydrazone groups is 1. The standard InChI is InChI=1S/C22H29N3O.C2H6/c1-6-7-8-21(17(2)3)25(23-5)22(26)24-15-13-20(14-16-24)19-11-9-18(4)10-12-19;1-2/h6-12,20H,1,5,13-16H2,2-4H3;1-2H3/b8-7-;. The predicted octanol–water partition coefficient (Wildman–Crippen LogP) is 6.27. The molecule has 1 aliphatic rings. The second-order valence-electron chi connectivity index (χ2n) is 6.89. The van der Waals surface area contributed by atoms with Crippen LogP contribution < -0.4 is 0 Å². The van der Waals surface area contributed by atoms with Crippen LogP contribution in [0.3, 0.4) is 0 Å². The molecule has 0 aromatic heterocycles. The van der Waals surface area contributed by atoms with Crippen LogP contribution in [0.5, 0.6) is 0 Å². The van der Waals surface area contributed by atoms with Crippen LogP contribution in [-0.2, 0) is 0 Å². The molecule has 0 radical (unpaired) electrons. The van der Waals surface area contributed by atoms with E-state index < -0.39 is 0 Å². The highest BCUT2D eigenvalue weighted by Crippen LogP contribution is 2.29. The molecule has 0 aliphatic carbocycles. The van der Waals surface area contributed by atoms with Crippen LogP contribution in [0, 0.1) is 6.92 Å². The topological polar surface area (TPSA) is 35.9 Å². The zero-order valence-electron chi connectivity index (χ0n) is 18.1. The summed E-state index contributed by atoms with van der Waals surface area (Å²) in [6.07, 6.45) is 7.26. The van der Waals surface area contributed by atoms with Gasteiger partial charge in [-0.3, -0.25) is 0 Å². The third-order valence-corrected chi connectivity index (χ3v) is 4.77. The highest BCUT2D eigenvalue weighted by Gasteiger charge is 2.28. The van der Waals surface area contributed by atoms with Crippen molar-refractivity contribution in [3.63, 3.8) is 0 Å². The number of allylic oxidation sites excluding steroid dienone is 4. The van der Waals surface area contributed by atoms with Crippen LogP contribution in [0.15, 0.2) is 65.4 Å². The van der Waals surface area contributed by atoms with Crippen LogP contribution in [0.4, 0.5) is 4.79 Å².